The van der Waals surface area contributed by atoms with E-state index in [0.29, 0.717) is 32.2 Å². The summed E-state index contributed by atoms with van der Waals surface area (Å²) in [6, 6.07) is 4.21. The number of amides is 5. The third kappa shape index (κ3) is 14.9. The van der Waals surface area contributed by atoms with Crippen LogP contribution in [0.1, 0.15) is 106 Å². The first-order valence-corrected chi connectivity index (χ1v) is 21.3. The van der Waals surface area contributed by atoms with Crippen molar-refractivity contribution >= 4 is 41.5 Å². The van der Waals surface area contributed by atoms with Crippen molar-refractivity contribution in [3.8, 4) is 0 Å². The molecule has 1 aromatic carbocycles. The number of hydrogen-bond donors (Lipinski definition) is 5. The van der Waals surface area contributed by atoms with E-state index in [-0.39, 0.29) is 18.8 Å². The second-order valence-electron chi connectivity index (χ2n) is 17.0. The van der Waals surface area contributed by atoms with E-state index in [2.05, 4.69) is 16.0 Å². The van der Waals surface area contributed by atoms with Gasteiger partial charge in [0.05, 0.1) is 25.7 Å². The molecule has 1 aromatic rings. The monoisotopic (exact) mass is 846 g/mol. The molecule has 1 aliphatic heterocycles. The Morgan fingerprint density at radius 2 is 1.48 bits per heavy atom. The first-order chi connectivity index (χ1) is 28.2. The van der Waals surface area contributed by atoms with E-state index >= 15 is 0 Å². The topological polar surface area (TPSA) is 221 Å². The predicted octanol–water partition coefficient (Wildman–Crippen LogP) is 2.51. The molecule has 60 heavy (non-hydrogen) atoms. The van der Waals surface area contributed by atoms with Gasteiger partial charge in [-0.25, -0.2) is 9.59 Å². The Morgan fingerprint density at radius 1 is 0.867 bits per heavy atom. The largest absolute Gasteiger partial charge is 0.467 e. The molecule has 1 fully saturated rings. The van der Waals surface area contributed by atoms with E-state index in [1.807, 2.05) is 58.0 Å². The Kier molecular flexibility index (Phi) is 21.2. The van der Waals surface area contributed by atoms with Crippen LogP contribution in [0.5, 0.6) is 0 Å². The Bertz CT molecular complexity index is 1590. The zero-order chi connectivity index (χ0) is 45.4. The number of likely N-dealkylation sites (tertiary alicyclic amines) is 1. The van der Waals surface area contributed by atoms with E-state index < -0.39 is 114 Å². The van der Waals surface area contributed by atoms with Crippen molar-refractivity contribution in [2.45, 2.75) is 156 Å². The lowest BCUT2D eigenvalue weighted by Crippen LogP contribution is -2.59. The van der Waals surface area contributed by atoms with Crippen molar-refractivity contribution in [1.82, 2.24) is 25.8 Å². The number of hydrogen-bond acceptors (Lipinski definition) is 11. The molecule has 0 bridgehead atoms. The number of methoxy groups -OCH3 is 1. The van der Waals surface area contributed by atoms with Gasteiger partial charge in [-0.3, -0.25) is 24.0 Å². The summed E-state index contributed by atoms with van der Waals surface area (Å²) in [5.41, 5.74) is 0.790. The van der Waals surface area contributed by atoms with Gasteiger partial charge in [-0.2, -0.15) is 0 Å². The molecule has 10 atom stereocenters. The molecule has 16 heteroatoms. The van der Waals surface area contributed by atoms with Gasteiger partial charge in [0.2, 0.25) is 23.6 Å². The minimum absolute atomic E-state index is 0.0246. The van der Waals surface area contributed by atoms with Crippen LogP contribution in [0.4, 0.5) is 0 Å². The van der Waals surface area contributed by atoms with Crippen LogP contribution >= 0.6 is 0 Å². The summed E-state index contributed by atoms with van der Waals surface area (Å²) < 4.78 is 10.4. The maximum absolute atomic E-state index is 14.1. The van der Waals surface area contributed by atoms with Gasteiger partial charge in [-0.1, -0.05) is 92.1 Å². The molecule has 1 aliphatic rings. The summed E-state index contributed by atoms with van der Waals surface area (Å²) in [5, 5.41) is 29.8. The Morgan fingerprint density at radius 3 is 2.03 bits per heavy atom. The molecule has 2 rings (SSSR count). The van der Waals surface area contributed by atoms with Gasteiger partial charge in [-0.15, -0.1) is 0 Å². The van der Waals surface area contributed by atoms with E-state index in [1.54, 1.807) is 27.7 Å². The number of nitrogens with one attached hydrogen (secondary N) is 3. The summed E-state index contributed by atoms with van der Waals surface area (Å²) in [7, 11) is 2.74. The van der Waals surface area contributed by atoms with Gasteiger partial charge in [-0.05, 0) is 55.9 Å². The van der Waals surface area contributed by atoms with Crippen LogP contribution in [0.25, 0.3) is 0 Å². The van der Waals surface area contributed by atoms with Gasteiger partial charge in [0, 0.05) is 25.9 Å². The summed E-state index contributed by atoms with van der Waals surface area (Å²) in [6.07, 6.45) is -2.14. The number of nitrogens with zero attached hydrogens (tertiary/aromatic N) is 2. The van der Waals surface area contributed by atoms with Gasteiger partial charge >= 0.3 is 11.9 Å². The highest BCUT2D eigenvalue weighted by Gasteiger charge is 2.41. The number of esters is 2. The Hall–Kier alpha value is -4.57. The lowest BCUT2D eigenvalue weighted by molar-refractivity contribution is -0.169. The van der Waals surface area contributed by atoms with Gasteiger partial charge < -0.3 is 45.4 Å². The van der Waals surface area contributed by atoms with Crippen molar-refractivity contribution in [1.29, 1.82) is 0 Å². The fraction of sp³-hybridized carbons (Fsp3) is 0.705. The Balaban J connectivity index is 2.24. The van der Waals surface area contributed by atoms with E-state index in [1.165, 1.54) is 30.9 Å². The zero-order valence-electron chi connectivity index (χ0n) is 37.4. The fourth-order valence-electron chi connectivity index (χ4n) is 7.11. The van der Waals surface area contributed by atoms with Crippen molar-refractivity contribution in [3.63, 3.8) is 0 Å². The third-order valence-electron chi connectivity index (χ3n) is 11.4. The van der Waals surface area contributed by atoms with Gasteiger partial charge in [0.1, 0.15) is 24.2 Å². The third-order valence-corrected chi connectivity index (χ3v) is 11.4. The molecule has 0 aliphatic carbocycles. The molecular weight excluding hydrogens is 775 g/mol. The number of carbonyl (C=O) groups excluding carboxylic acids is 7. The highest BCUT2D eigenvalue weighted by atomic mass is 16.6. The van der Waals surface area contributed by atoms with Crippen LogP contribution in [0.3, 0.4) is 0 Å². The average molecular weight is 846 g/mol. The molecule has 0 saturated carbocycles. The number of aliphatic hydroxyl groups excluding tert-OH is 2. The molecule has 1 unspecified atom stereocenters. The molecule has 0 aromatic heterocycles. The number of carbonyl (C=O) groups is 7. The van der Waals surface area contributed by atoms with Crippen LogP contribution < -0.4 is 16.0 Å². The standard InChI is InChI=1S/C44H71N5O11/c1-12-27(7)36(47-35(51)24-34(50)31(22-25(3)4)46-40(54)38(28(8)13-2)60-44(58)37(52)26(5)6)39(53)45-29(9)41(55)48(10)33(23-30-18-15-14-16-19-30)42(56)49-21-17-20-32(49)43(57)59-11/h14-16,18-19,25-29,31-34,36-38,50,52H,12-13,17,20-24H2,1-11H3,(H,45,53)(H,46,54)(H,47,51)/t27-,28+,29-,31-,32+,33-,34-,36?,37+,38+/m1/s1. The van der Waals surface area contributed by atoms with E-state index in [0.717, 1.165) is 5.56 Å². The number of ether oxygens (including phenoxy) is 2. The van der Waals surface area contributed by atoms with Crippen LogP contribution in [-0.2, 0) is 49.5 Å². The highest BCUT2D eigenvalue weighted by molar-refractivity contribution is 5.95. The van der Waals surface area contributed by atoms with Crippen molar-refractivity contribution in [2.75, 3.05) is 20.7 Å². The molecule has 1 heterocycles. The summed E-state index contributed by atoms with van der Waals surface area (Å²) >= 11 is 0. The van der Waals surface area contributed by atoms with E-state index in [4.69, 9.17) is 9.47 Å². The molecular formula is C44H71N5O11. The van der Waals surface area contributed by atoms with Gasteiger partial charge in [0.25, 0.3) is 5.91 Å². The first-order valence-electron chi connectivity index (χ1n) is 21.3. The van der Waals surface area contributed by atoms with Gasteiger partial charge in [0.15, 0.2) is 12.2 Å². The fourth-order valence-corrected chi connectivity index (χ4v) is 7.11. The SMILES string of the molecule is CC[C@@H](C)C(NC(=O)C[C@@H](O)[C@@H](CC(C)C)NC(=O)[C@@H](OC(=O)[C@@H](O)C(C)C)[C@@H](C)CC)C(=O)N[C@H](C)C(=O)N(C)[C@H](Cc1ccccc1)C(=O)N1CCC[C@H]1C(=O)OC. The number of aliphatic hydroxyl groups is 2. The number of likely N-dealkylation sites (N-methyl/N-ethyl adjacent to an activating group) is 1. The number of rotatable bonds is 23. The second kappa shape index (κ2) is 24.6. The van der Waals surface area contributed by atoms with Crippen molar-refractivity contribution in [2.24, 2.45) is 23.7 Å². The zero-order valence-corrected chi connectivity index (χ0v) is 37.4. The Labute approximate surface area is 355 Å². The first kappa shape index (κ1) is 51.6. The second-order valence-corrected chi connectivity index (χ2v) is 17.0. The molecule has 338 valence electrons. The molecule has 0 radical (unpaired) electrons. The maximum atomic E-state index is 14.1. The molecule has 1 saturated heterocycles. The lowest BCUT2D eigenvalue weighted by Gasteiger charge is -2.34. The quantitative estimate of drug-likeness (QED) is 0.101. The normalized spacial score (nSPS) is 18.5. The molecule has 16 nitrogen and oxygen atoms in total. The minimum atomic E-state index is -1.43. The molecule has 5 amide bonds. The van der Waals surface area contributed by atoms with Crippen LogP contribution in [0.2, 0.25) is 0 Å². The number of benzene rings is 1. The maximum Gasteiger partial charge on any atom is 0.336 e. The summed E-state index contributed by atoms with van der Waals surface area (Å²) in [4.78, 5) is 96.8. The lowest BCUT2D eigenvalue weighted by atomic mass is 9.94. The van der Waals surface area contributed by atoms with Crippen LogP contribution in [-0.4, -0.2) is 131 Å². The summed E-state index contributed by atoms with van der Waals surface area (Å²) in [6.45, 7) is 16.0. The smallest absolute Gasteiger partial charge is 0.336 e. The highest BCUT2D eigenvalue weighted by Crippen LogP contribution is 2.23. The minimum Gasteiger partial charge on any atom is -0.467 e. The predicted molar refractivity (Wildman–Crippen MR) is 225 cm³/mol. The van der Waals surface area contributed by atoms with Crippen molar-refractivity contribution < 1.29 is 53.2 Å². The van der Waals surface area contributed by atoms with Crippen LogP contribution in [0, 0.1) is 23.7 Å². The molecule has 0 spiro atoms. The molecule has 5 N–H and O–H groups in total. The average Bonchev–Trinajstić information content (AvgIpc) is 3.71. The summed E-state index contributed by atoms with van der Waals surface area (Å²) in [5.74, 6) is -5.72. The van der Waals surface area contributed by atoms with Crippen LogP contribution in [0.15, 0.2) is 30.3 Å². The van der Waals surface area contributed by atoms with Crippen molar-refractivity contribution in [3.05, 3.63) is 35.9 Å². The van der Waals surface area contributed by atoms with E-state index in [9.17, 15) is 43.8 Å².